The molecular weight excluding hydrogens is 752 g/mol. The minimum Gasteiger partial charge on any atom is -0.459 e. The van der Waals surface area contributed by atoms with Gasteiger partial charge in [-0.05, 0) is 137 Å². The van der Waals surface area contributed by atoms with Crippen molar-refractivity contribution in [1.29, 1.82) is 0 Å². The molecule has 1 amide bonds. The third-order valence-electron chi connectivity index (χ3n) is 11.8. The van der Waals surface area contributed by atoms with E-state index in [1.54, 1.807) is 23.1 Å². The van der Waals surface area contributed by atoms with Crippen molar-refractivity contribution in [2.75, 3.05) is 26.9 Å². The maximum atomic E-state index is 14.2. The fraction of sp³-hybridized carbons (Fsp3) is 0.500. The molecule has 6 unspecified atom stereocenters. The molecular formula is C48H61FN2O8. The number of halogens is 1. The van der Waals surface area contributed by atoms with Gasteiger partial charge < -0.3 is 34.0 Å². The molecule has 3 aromatic carbocycles. The van der Waals surface area contributed by atoms with Crippen LogP contribution in [0.25, 0.3) is 0 Å². The van der Waals surface area contributed by atoms with Crippen LogP contribution in [0.2, 0.25) is 0 Å². The van der Waals surface area contributed by atoms with Crippen molar-refractivity contribution in [2.24, 2.45) is 22.9 Å². The predicted molar refractivity (Wildman–Crippen MR) is 226 cm³/mol. The number of aliphatic hydroxyl groups excluding tert-OH is 2. The molecule has 1 saturated carbocycles. The fourth-order valence-electron chi connectivity index (χ4n) is 9.02. The van der Waals surface area contributed by atoms with Gasteiger partial charge in [0.1, 0.15) is 34.7 Å². The lowest BCUT2D eigenvalue weighted by atomic mass is 9.55. The zero-order chi connectivity index (χ0) is 42.3. The molecule has 1 fully saturated rings. The summed E-state index contributed by atoms with van der Waals surface area (Å²) in [5, 5.41) is 24.7. The van der Waals surface area contributed by atoms with Gasteiger partial charge in [0.2, 0.25) is 5.79 Å². The Labute approximate surface area is 348 Å². The first-order chi connectivity index (χ1) is 28.3. The van der Waals surface area contributed by atoms with E-state index in [1.807, 2.05) is 51.1 Å². The normalized spacial score (nSPS) is 24.0. The van der Waals surface area contributed by atoms with E-state index in [4.69, 9.17) is 28.9 Å². The Balaban J connectivity index is 1.61. The number of aryl methyl sites for hydroxylation is 2. The molecule has 1 heterocycles. The first-order valence-electron chi connectivity index (χ1n) is 20.9. The van der Waals surface area contributed by atoms with Crippen molar-refractivity contribution in [2.45, 2.75) is 109 Å². The second-order valence-electron chi connectivity index (χ2n) is 17.0. The van der Waals surface area contributed by atoms with Crippen molar-refractivity contribution in [3.05, 3.63) is 113 Å². The van der Waals surface area contributed by atoms with Crippen molar-refractivity contribution < 1.29 is 43.2 Å². The summed E-state index contributed by atoms with van der Waals surface area (Å²) in [6, 6.07) is 17.2. The number of ether oxygens (including phenoxy) is 4. The number of rotatable bonds is 17. The number of unbranched alkanes of at least 4 members (excludes halogenated alkanes) is 2. The van der Waals surface area contributed by atoms with Gasteiger partial charge in [0.25, 0.3) is 0 Å². The molecule has 3 aliphatic rings. The summed E-state index contributed by atoms with van der Waals surface area (Å²) in [6.45, 7) is 14.3. The minimum atomic E-state index is -1.48. The summed E-state index contributed by atoms with van der Waals surface area (Å²) in [6.07, 6.45) is 8.11. The molecule has 0 bridgehead atoms. The summed E-state index contributed by atoms with van der Waals surface area (Å²) in [5.41, 5.74) is 4.90. The largest absolute Gasteiger partial charge is 0.459 e. The molecule has 59 heavy (non-hydrogen) atoms. The Morgan fingerprint density at radius 2 is 1.68 bits per heavy atom. The highest BCUT2D eigenvalue weighted by Gasteiger charge is 2.65. The van der Waals surface area contributed by atoms with Crippen LogP contribution in [-0.4, -0.2) is 71.3 Å². The molecule has 6 atom stereocenters. The predicted octanol–water partition coefficient (Wildman–Crippen LogP) is 9.94. The quantitative estimate of drug-likeness (QED) is 0.0786. The number of benzene rings is 3. The zero-order valence-corrected chi connectivity index (χ0v) is 35.4. The number of allylic oxidation sites excluding steroid dienone is 1. The molecule has 2 aliphatic carbocycles. The third kappa shape index (κ3) is 9.85. The summed E-state index contributed by atoms with van der Waals surface area (Å²) in [5.74, 6) is -0.531. The SMILES string of the molecule is C=CCOC12Oc3ccc(Oc4ccc(C)c(C)c4)cc3C3C(CCCCO)C(CCCCO)C=C(C(=NOC(C)(C)C)CC1N(Cc1ccc(F)cc1)C(=O)OC)C32. The van der Waals surface area contributed by atoms with Gasteiger partial charge in [0.15, 0.2) is 0 Å². The number of carbonyl (C=O) groups is 1. The highest BCUT2D eigenvalue weighted by molar-refractivity contribution is 6.03. The van der Waals surface area contributed by atoms with Crippen molar-refractivity contribution in [3.63, 3.8) is 0 Å². The highest BCUT2D eigenvalue weighted by Crippen LogP contribution is 2.62. The monoisotopic (exact) mass is 812 g/mol. The first kappa shape index (κ1) is 43.9. The average molecular weight is 813 g/mol. The second kappa shape index (κ2) is 19.1. The number of hydrogen-bond acceptors (Lipinski definition) is 9. The number of hydrogen-bond donors (Lipinski definition) is 2. The van der Waals surface area contributed by atoms with E-state index in [0.717, 1.165) is 48.1 Å². The highest BCUT2D eigenvalue weighted by atomic mass is 19.1. The van der Waals surface area contributed by atoms with Crippen molar-refractivity contribution in [3.8, 4) is 17.2 Å². The lowest BCUT2D eigenvalue weighted by Gasteiger charge is -2.59. The van der Waals surface area contributed by atoms with Crippen LogP contribution in [0.1, 0.15) is 93.9 Å². The molecule has 0 radical (unpaired) electrons. The van der Waals surface area contributed by atoms with Gasteiger partial charge in [-0.2, -0.15) is 0 Å². The maximum Gasteiger partial charge on any atom is 0.410 e. The number of aliphatic hydroxyl groups is 2. The maximum absolute atomic E-state index is 14.2. The summed E-state index contributed by atoms with van der Waals surface area (Å²) >= 11 is 0. The Hall–Kier alpha value is -4.71. The van der Waals surface area contributed by atoms with Gasteiger partial charge in [-0.3, -0.25) is 4.90 Å². The molecule has 11 heteroatoms. The Bertz CT molecular complexity index is 1990. The van der Waals surface area contributed by atoms with E-state index in [2.05, 4.69) is 32.6 Å². The van der Waals surface area contributed by atoms with Gasteiger partial charge in [0.05, 0.1) is 25.3 Å². The van der Waals surface area contributed by atoms with Crippen LogP contribution in [0.3, 0.4) is 0 Å². The number of nitrogens with zero attached hydrogens (tertiary/aromatic N) is 2. The summed E-state index contributed by atoms with van der Waals surface area (Å²) in [7, 11) is 1.34. The topological polar surface area (TPSA) is 119 Å². The summed E-state index contributed by atoms with van der Waals surface area (Å²) < 4.78 is 40.5. The van der Waals surface area contributed by atoms with E-state index in [0.29, 0.717) is 35.6 Å². The van der Waals surface area contributed by atoms with Gasteiger partial charge in [-0.15, -0.1) is 6.58 Å². The number of fused-ring (bicyclic) bond motifs is 2. The molecule has 318 valence electrons. The smallest absolute Gasteiger partial charge is 0.410 e. The fourth-order valence-corrected chi connectivity index (χ4v) is 9.02. The lowest BCUT2D eigenvalue weighted by Crippen LogP contribution is -2.70. The molecule has 1 aliphatic heterocycles. The number of carbonyl (C=O) groups excluding carboxylic acids is 1. The van der Waals surface area contributed by atoms with E-state index in [9.17, 15) is 19.4 Å². The molecule has 0 aromatic heterocycles. The van der Waals surface area contributed by atoms with E-state index < -0.39 is 29.4 Å². The lowest BCUT2D eigenvalue weighted by molar-refractivity contribution is -0.256. The number of amides is 1. The molecule has 10 nitrogen and oxygen atoms in total. The van der Waals surface area contributed by atoms with Crippen LogP contribution in [-0.2, 0) is 20.9 Å². The van der Waals surface area contributed by atoms with Gasteiger partial charge in [0, 0.05) is 37.7 Å². The van der Waals surface area contributed by atoms with Crippen LogP contribution < -0.4 is 9.47 Å². The number of methoxy groups -OCH3 is 1. The van der Waals surface area contributed by atoms with E-state index >= 15 is 0 Å². The van der Waals surface area contributed by atoms with Gasteiger partial charge >= 0.3 is 6.09 Å². The molecule has 2 N–H and O–H groups in total. The molecule has 0 saturated heterocycles. The van der Waals surface area contributed by atoms with Crippen LogP contribution in [0, 0.1) is 37.4 Å². The van der Waals surface area contributed by atoms with Crippen LogP contribution >= 0.6 is 0 Å². The molecule has 6 rings (SSSR count). The standard InChI is InChI=1S/C48H61FN2O8/c1-8-25-56-48-43(51(46(54)55-7)30-33-16-18-35(49)19-17-33)29-41(50-59-47(4,5)6)39-27-34(13-9-11-23-52)38(14-10-12-24-53)44(45(39)48)40-28-37(21-22-42(40)58-48)57-36-20-15-31(2)32(3)26-36/h8,15-22,26-28,34,38,43-45,52-53H,1,9-14,23-25,29-30H2,2-7H3. The molecule has 0 spiro atoms. The van der Waals surface area contributed by atoms with Crippen molar-refractivity contribution >= 4 is 11.8 Å². The van der Waals surface area contributed by atoms with Crippen LogP contribution in [0.15, 0.2) is 90.1 Å². The average Bonchev–Trinajstić information content (AvgIpc) is 3.21. The zero-order valence-electron chi connectivity index (χ0n) is 35.4. The van der Waals surface area contributed by atoms with Gasteiger partial charge in [-0.25, -0.2) is 9.18 Å². The van der Waals surface area contributed by atoms with Crippen LogP contribution in [0.5, 0.6) is 17.2 Å². The number of oxime groups is 1. The second-order valence-corrected chi connectivity index (χ2v) is 17.0. The molecule has 3 aromatic rings. The summed E-state index contributed by atoms with van der Waals surface area (Å²) in [4.78, 5) is 22.0. The Morgan fingerprint density at radius 1 is 0.983 bits per heavy atom. The van der Waals surface area contributed by atoms with Crippen LogP contribution in [0.4, 0.5) is 9.18 Å². The van der Waals surface area contributed by atoms with E-state index in [-0.39, 0.29) is 56.4 Å². The Kier molecular flexibility index (Phi) is 14.2. The van der Waals surface area contributed by atoms with Crippen molar-refractivity contribution in [1.82, 2.24) is 4.90 Å². The Morgan fingerprint density at radius 3 is 2.34 bits per heavy atom. The van der Waals surface area contributed by atoms with Gasteiger partial charge in [-0.1, -0.05) is 48.3 Å². The van der Waals surface area contributed by atoms with E-state index in [1.165, 1.54) is 24.8 Å². The first-order valence-corrected chi connectivity index (χ1v) is 20.9. The third-order valence-corrected chi connectivity index (χ3v) is 11.8. The minimum absolute atomic E-state index is 0.0347.